The summed E-state index contributed by atoms with van der Waals surface area (Å²) in [5.74, 6) is 1.34. The predicted molar refractivity (Wildman–Crippen MR) is 93.9 cm³/mol. The highest BCUT2D eigenvalue weighted by atomic mass is 16.5. The van der Waals surface area contributed by atoms with Crippen molar-refractivity contribution in [1.82, 2.24) is 9.80 Å². The summed E-state index contributed by atoms with van der Waals surface area (Å²) >= 11 is 0. The Bertz CT molecular complexity index is 569. The molecule has 24 heavy (non-hydrogen) atoms. The topological polar surface area (TPSA) is 42.0 Å². The normalized spacial score (nSPS) is 28.0. The summed E-state index contributed by atoms with van der Waals surface area (Å²) in [6, 6.07) is 7.59. The Morgan fingerprint density at radius 1 is 1.04 bits per heavy atom. The van der Waals surface area contributed by atoms with Crippen molar-refractivity contribution in [2.24, 2.45) is 11.8 Å². The van der Waals surface area contributed by atoms with Crippen LogP contribution in [0.25, 0.3) is 6.08 Å². The number of benzene rings is 1. The van der Waals surface area contributed by atoms with Crippen LogP contribution in [0.1, 0.15) is 5.56 Å². The number of esters is 1. The SMILES string of the molecule is COc1ccc(C=CC(=O)OC2C3CN(C)CC2CN(C)C3)cc1. The van der Waals surface area contributed by atoms with Crippen molar-refractivity contribution in [3.8, 4) is 5.75 Å². The maximum atomic E-state index is 12.2. The quantitative estimate of drug-likeness (QED) is 0.621. The first-order chi connectivity index (χ1) is 11.5. The fraction of sp³-hybridized carbons (Fsp3) is 0.526. The molecule has 0 radical (unpaired) electrons. The van der Waals surface area contributed by atoms with Gasteiger partial charge < -0.3 is 19.3 Å². The van der Waals surface area contributed by atoms with E-state index < -0.39 is 0 Å². The number of hydrogen-bond acceptors (Lipinski definition) is 5. The number of hydrogen-bond donors (Lipinski definition) is 0. The van der Waals surface area contributed by atoms with Crippen LogP contribution in [0.5, 0.6) is 5.75 Å². The third-order valence-electron chi connectivity index (χ3n) is 4.89. The summed E-state index contributed by atoms with van der Waals surface area (Å²) < 4.78 is 10.9. The fourth-order valence-corrected chi connectivity index (χ4v) is 3.91. The van der Waals surface area contributed by atoms with Crippen LogP contribution in [0.2, 0.25) is 0 Å². The van der Waals surface area contributed by atoms with Crippen LogP contribution in [-0.2, 0) is 9.53 Å². The van der Waals surface area contributed by atoms with Gasteiger partial charge in [-0.1, -0.05) is 12.1 Å². The maximum absolute atomic E-state index is 12.2. The Morgan fingerprint density at radius 3 is 2.08 bits per heavy atom. The minimum absolute atomic E-state index is 0.0328. The number of ether oxygens (including phenoxy) is 2. The van der Waals surface area contributed by atoms with Gasteiger partial charge in [0.15, 0.2) is 0 Å². The summed E-state index contributed by atoms with van der Waals surface area (Å²) in [7, 11) is 5.93. The first-order valence-corrected chi connectivity index (χ1v) is 8.45. The van der Waals surface area contributed by atoms with Crippen LogP contribution in [0.4, 0.5) is 0 Å². The van der Waals surface area contributed by atoms with E-state index in [0.29, 0.717) is 11.8 Å². The first-order valence-electron chi connectivity index (χ1n) is 8.45. The fourth-order valence-electron chi connectivity index (χ4n) is 3.91. The molecule has 2 fully saturated rings. The molecular formula is C19H26N2O3. The second kappa shape index (κ2) is 7.36. The van der Waals surface area contributed by atoms with Crippen LogP contribution in [0.15, 0.2) is 30.3 Å². The second-order valence-electron chi connectivity index (χ2n) is 6.97. The number of carbonyl (C=O) groups is 1. The minimum Gasteiger partial charge on any atom is -0.497 e. The van der Waals surface area contributed by atoms with Gasteiger partial charge in [0.1, 0.15) is 11.9 Å². The highest BCUT2D eigenvalue weighted by molar-refractivity contribution is 5.87. The van der Waals surface area contributed by atoms with Gasteiger partial charge in [-0.2, -0.15) is 0 Å². The monoisotopic (exact) mass is 330 g/mol. The van der Waals surface area contributed by atoms with Crippen LogP contribution in [0, 0.1) is 11.8 Å². The van der Waals surface area contributed by atoms with E-state index >= 15 is 0 Å². The molecule has 0 aromatic heterocycles. The van der Waals surface area contributed by atoms with E-state index in [2.05, 4.69) is 23.9 Å². The molecule has 2 heterocycles. The molecule has 0 saturated carbocycles. The highest BCUT2D eigenvalue weighted by Crippen LogP contribution is 2.30. The Balaban J connectivity index is 1.60. The third-order valence-corrected chi connectivity index (χ3v) is 4.89. The van der Waals surface area contributed by atoms with E-state index in [0.717, 1.165) is 37.5 Å². The van der Waals surface area contributed by atoms with Crippen molar-refractivity contribution >= 4 is 12.0 Å². The van der Waals surface area contributed by atoms with E-state index in [1.54, 1.807) is 13.2 Å². The summed E-state index contributed by atoms with van der Waals surface area (Å²) in [5.41, 5.74) is 0.955. The molecule has 0 spiro atoms. The molecule has 0 unspecified atom stereocenters. The predicted octanol–water partition coefficient (Wildman–Crippen LogP) is 1.74. The number of piperidine rings is 2. The van der Waals surface area contributed by atoms with Gasteiger partial charge >= 0.3 is 5.97 Å². The number of carbonyl (C=O) groups excluding carboxylic acids is 1. The lowest BCUT2D eigenvalue weighted by atomic mass is 9.82. The van der Waals surface area contributed by atoms with Gasteiger partial charge in [-0.05, 0) is 37.9 Å². The van der Waals surface area contributed by atoms with E-state index in [9.17, 15) is 4.79 Å². The standard InChI is InChI=1S/C19H26N2O3/c1-20-10-15-12-21(2)13-16(11-20)19(15)24-18(22)9-6-14-4-7-17(23-3)8-5-14/h4-9,15-16,19H,10-13H2,1-3H3. The molecule has 0 aliphatic carbocycles. The Kier molecular flexibility index (Phi) is 5.21. The largest absolute Gasteiger partial charge is 0.497 e. The van der Waals surface area contributed by atoms with Crippen molar-refractivity contribution < 1.29 is 14.3 Å². The lowest BCUT2D eigenvalue weighted by Crippen LogP contribution is -2.59. The Hall–Kier alpha value is -1.85. The van der Waals surface area contributed by atoms with E-state index in [1.807, 2.05) is 24.3 Å². The molecule has 2 saturated heterocycles. The van der Waals surface area contributed by atoms with Gasteiger partial charge in [-0.3, -0.25) is 0 Å². The van der Waals surface area contributed by atoms with Gasteiger partial charge in [0.05, 0.1) is 7.11 Å². The zero-order valence-electron chi connectivity index (χ0n) is 14.6. The zero-order valence-corrected chi connectivity index (χ0v) is 14.6. The molecule has 5 nitrogen and oxygen atoms in total. The Labute approximate surface area is 143 Å². The molecular weight excluding hydrogens is 304 g/mol. The molecule has 1 aromatic carbocycles. The van der Waals surface area contributed by atoms with E-state index in [-0.39, 0.29) is 12.1 Å². The molecule has 2 bridgehead atoms. The molecule has 1 aromatic rings. The van der Waals surface area contributed by atoms with Gasteiger partial charge in [0.2, 0.25) is 0 Å². The average Bonchev–Trinajstić information content (AvgIpc) is 2.55. The molecule has 0 N–H and O–H groups in total. The van der Waals surface area contributed by atoms with Crippen LogP contribution < -0.4 is 4.74 Å². The zero-order chi connectivity index (χ0) is 17.1. The van der Waals surface area contributed by atoms with Gasteiger partial charge in [0.25, 0.3) is 0 Å². The summed E-state index contributed by atoms with van der Waals surface area (Å²) in [6.45, 7) is 3.95. The number of rotatable bonds is 4. The lowest BCUT2D eigenvalue weighted by Gasteiger charge is -2.48. The number of likely N-dealkylation sites (tertiary alicyclic amines) is 2. The van der Waals surface area contributed by atoms with Gasteiger partial charge in [-0.15, -0.1) is 0 Å². The van der Waals surface area contributed by atoms with Crippen LogP contribution >= 0.6 is 0 Å². The van der Waals surface area contributed by atoms with Crippen molar-refractivity contribution in [2.45, 2.75) is 6.10 Å². The number of fused-ring (bicyclic) bond motifs is 2. The molecule has 0 atom stereocenters. The number of methoxy groups -OCH3 is 1. The Morgan fingerprint density at radius 2 is 1.58 bits per heavy atom. The minimum atomic E-state index is -0.250. The van der Waals surface area contributed by atoms with E-state index in [1.165, 1.54) is 6.08 Å². The number of nitrogens with zero attached hydrogens (tertiary/aromatic N) is 2. The molecule has 130 valence electrons. The van der Waals surface area contributed by atoms with Crippen molar-refractivity contribution in [3.63, 3.8) is 0 Å². The van der Waals surface area contributed by atoms with E-state index in [4.69, 9.17) is 9.47 Å². The van der Waals surface area contributed by atoms with Crippen molar-refractivity contribution in [2.75, 3.05) is 47.4 Å². The first kappa shape index (κ1) is 17.0. The second-order valence-corrected chi connectivity index (χ2v) is 6.97. The summed E-state index contributed by atoms with van der Waals surface area (Å²) in [5, 5.41) is 0. The third kappa shape index (κ3) is 3.97. The molecule has 2 aliphatic heterocycles. The molecule has 0 amide bonds. The van der Waals surface area contributed by atoms with Crippen LogP contribution in [0.3, 0.4) is 0 Å². The van der Waals surface area contributed by atoms with Crippen molar-refractivity contribution in [1.29, 1.82) is 0 Å². The smallest absolute Gasteiger partial charge is 0.331 e. The lowest BCUT2D eigenvalue weighted by molar-refractivity contribution is -0.159. The highest BCUT2D eigenvalue weighted by Gasteiger charge is 2.42. The average molecular weight is 330 g/mol. The van der Waals surface area contributed by atoms with Crippen molar-refractivity contribution in [3.05, 3.63) is 35.9 Å². The molecule has 3 rings (SSSR count). The molecule has 5 heteroatoms. The van der Waals surface area contributed by atoms with Gasteiger partial charge in [-0.25, -0.2) is 4.79 Å². The summed E-state index contributed by atoms with van der Waals surface area (Å²) in [6.07, 6.45) is 3.35. The van der Waals surface area contributed by atoms with Crippen LogP contribution in [-0.4, -0.2) is 69.3 Å². The van der Waals surface area contributed by atoms with Gasteiger partial charge in [0, 0.05) is 44.1 Å². The molecule has 2 aliphatic rings. The maximum Gasteiger partial charge on any atom is 0.331 e. The summed E-state index contributed by atoms with van der Waals surface area (Å²) in [4.78, 5) is 16.9.